The van der Waals surface area contributed by atoms with Gasteiger partial charge in [0.1, 0.15) is 17.9 Å². The van der Waals surface area contributed by atoms with Crippen LogP contribution in [0, 0.1) is 0 Å². The predicted molar refractivity (Wildman–Crippen MR) is 108 cm³/mol. The van der Waals surface area contributed by atoms with Crippen molar-refractivity contribution in [3.63, 3.8) is 0 Å². The van der Waals surface area contributed by atoms with Crippen LogP contribution in [0.4, 0.5) is 0 Å². The van der Waals surface area contributed by atoms with E-state index in [1.54, 1.807) is 29.0 Å². The van der Waals surface area contributed by atoms with Gasteiger partial charge >= 0.3 is 0 Å². The molecule has 0 bridgehead atoms. The highest BCUT2D eigenvalue weighted by Gasteiger charge is 2.43. The fourth-order valence-corrected chi connectivity index (χ4v) is 4.53. The summed E-state index contributed by atoms with van der Waals surface area (Å²) in [5.74, 6) is 0.453. The second-order valence-electron chi connectivity index (χ2n) is 8.45. The van der Waals surface area contributed by atoms with Crippen LogP contribution >= 0.6 is 0 Å². The summed E-state index contributed by atoms with van der Waals surface area (Å²) in [6.45, 7) is 2.48. The lowest BCUT2D eigenvalue weighted by molar-refractivity contribution is -0.133. The largest absolute Gasteiger partial charge is 0.485 e. The molecule has 2 saturated heterocycles. The van der Waals surface area contributed by atoms with E-state index in [0.717, 1.165) is 32.4 Å². The molecule has 0 N–H and O–H groups in total. The minimum atomic E-state index is -0.662. The van der Waals surface area contributed by atoms with Crippen LogP contribution in [0.25, 0.3) is 0 Å². The third-order valence-corrected chi connectivity index (χ3v) is 6.37. The number of ether oxygens (including phenoxy) is 1. The van der Waals surface area contributed by atoms with Gasteiger partial charge in [-0.25, -0.2) is 0 Å². The van der Waals surface area contributed by atoms with E-state index in [2.05, 4.69) is 0 Å². The molecular formula is C22H29N3O4. The molecule has 3 heterocycles. The van der Waals surface area contributed by atoms with Gasteiger partial charge in [0.2, 0.25) is 11.8 Å². The molecule has 7 heteroatoms. The first-order valence-corrected chi connectivity index (χ1v) is 10.6. The Morgan fingerprint density at radius 2 is 1.83 bits per heavy atom. The highest BCUT2D eigenvalue weighted by atomic mass is 16.5. The molecule has 7 nitrogen and oxygen atoms in total. The van der Waals surface area contributed by atoms with Crippen molar-refractivity contribution < 1.29 is 19.1 Å². The number of piperidine rings is 1. The SMILES string of the molecule is CN1CCC2(CCC1=O)CN(CC(=O)N1CCCCC1)C(=O)c1ccccc1O2. The molecule has 3 aliphatic heterocycles. The van der Waals surface area contributed by atoms with Crippen LogP contribution in [0.3, 0.4) is 0 Å². The molecule has 2 fully saturated rings. The molecule has 0 radical (unpaired) electrons. The van der Waals surface area contributed by atoms with Gasteiger partial charge in [-0.05, 0) is 37.8 Å². The average Bonchev–Trinajstić information content (AvgIpc) is 2.95. The Morgan fingerprint density at radius 3 is 2.62 bits per heavy atom. The number of benzene rings is 1. The van der Waals surface area contributed by atoms with E-state index < -0.39 is 5.60 Å². The Kier molecular flexibility index (Phi) is 5.48. The van der Waals surface area contributed by atoms with E-state index in [-0.39, 0.29) is 24.3 Å². The normalized spacial score (nSPS) is 25.3. The van der Waals surface area contributed by atoms with E-state index in [1.807, 2.05) is 17.0 Å². The van der Waals surface area contributed by atoms with Gasteiger partial charge in [0.25, 0.3) is 5.91 Å². The summed E-state index contributed by atoms with van der Waals surface area (Å²) in [5.41, 5.74) is -0.176. The Labute approximate surface area is 171 Å². The third-order valence-electron chi connectivity index (χ3n) is 6.37. The zero-order valence-electron chi connectivity index (χ0n) is 17.1. The number of rotatable bonds is 2. The summed E-state index contributed by atoms with van der Waals surface area (Å²) < 4.78 is 6.42. The summed E-state index contributed by atoms with van der Waals surface area (Å²) in [7, 11) is 1.80. The van der Waals surface area contributed by atoms with Gasteiger partial charge in [-0.2, -0.15) is 0 Å². The summed E-state index contributed by atoms with van der Waals surface area (Å²) in [6.07, 6.45) is 4.73. The van der Waals surface area contributed by atoms with Gasteiger partial charge in [0.15, 0.2) is 0 Å². The Balaban J connectivity index is 1.62. The monoisotopic (exact) mass is 399 g/mol. The van der Waals surface area contributed by atoms with E-state index in [4.69, 9.17) is 4.74 Å². The van der Waals surface area contributed by atoms with Crippen molar-refractivity contribution in [3.8, 4) is 5.75 Å². The zero-order valence-corrected chi connectivity index (χ0v) is 17.1. The maximum Gasteiger partial charge on any atom is 0.258 e. The number of likely N-dealkylation sites (tertiary alicyclic amines) is 2. The van der Waals surface area contributed by atoms with Crippen LogP contribution in [0.15, 0.2) is 24.3 Å². The molecule has 0 aliphatic carbocycles. The summed E-state index contributed by atoms with van der Waals surface area (Å²) >= 11 is 0. The van der Waals surface area contributed by atoms with Crippen LogP contribution < -0.4 is 4.74 Å². The Hall–Kier alpha value is -2.57. The molecule has 0 saturated carbocycles. The molecule has 3 aliphatic rings. The van der Waals surface area contributed by atoms with Crippen molar-refractivity contribution in [2.24, 2.45) is 0 Å². The lowest BCUT2D eigenvalue weighted by Crippen LogP contribution is -2.51. The Morgan fingerprint density at radius 1 is 1.07 bits per heavy atom. The summed E-state index contributed by atoms with van der Waals surface area (Å²) in [4.78, 5) is 43.7. The maximum absolute atomic E-state index is 13.3. The predicted octanol–water partition coefficient (Wildman–Crippen LogP) is 1.91. The number of amides is 3. The van der Waals surface area contributed by atoms with Crippen LogP contribution in [0.2, 0.25) is 0 Å². The van der Waals surface area contributed by atoms with Gasteiger partial charge in [-0.1, -0.05) is 12.1 Å². The van der Waals surface area contributed by atoms with Gasteiger partial charge in [-0.3, -0.25) is 14.4 Å². The maximum atomic E-state index is 13.3. The smallest absolute Gasteiger partial charge is 0.258 e. The van der Waals surface area contributed by atoms with Crippen molar-refractivity contribution in [1.82, 2.24) is 14.7 Å². The number of nitrogens with zero attached hydrogens (tertiary/aromatic N) is 3. The molecule has 1 aromatic carbocycles. The topological polar surface area (TPSA) is 70.2 Å². The van der Waals surface area contributed by atoms with E-state index in [0.29, 0.717) is 43.7 Å². The number of fused-ring (bicyclic) bond motifs is 1. The molecular weight excluding hydrogens is 370 g/mol. The fourth-order valence-electron chi connectivity index (χ4n) is 4.53. The first-order chi connectivity index (χ1) is 14.0. The molecule has 29 heavy (non-hydrogen) atoms. The minimum absolute atomic E-state index is 0.00519. The minimum Gasteiger partial charge on any atom is -0.485 e. The van der Waals surface area contributed by atoms with E-state index >= 15 is 0 Å². The lowest BCUT2D eigenvalue weighted by atomic mass is 9.93. The zero-order chi connectivity index (χ0) is 20.4. The van der Waals surface area contributed by atoms with Gasteiger partial charge in [-0.15, -0.1) is 0 Å². The summed E-state index contributed by atoms with van der Waals surface area (Å²) in [5, 5.41) is 0. The van der Waals surface area contributed by atoms with E-state index in [9.17, 15) is 14.4 Å². The molecule has 4 rings (SSSR count). The number of hydrogen-bond acceptors (Lipinski definition) is 4. The summed E-state index contributed by atoms with van der Waals surface area (Å²) in [6, 6.07) is 7.22. The van der Waals surface area contributed by atoms with Crippen molar-refractivity contribution >= 4 is 17.7 Å². The molecule has 1 spiro atoms. The van der Waals surface area contributed by atoms with Crippen LogP contribution in [0.5, 0.6) is 5.75 Å². The molecule has 1 unspecified atom stereocenters. The van der Waals surface area contributed by atoms with Crippen molar-refractivity contribution in [2.45, 2.75) is 44.1 Å². The fraction of sp³-hybridized carbons (Fsp3) is 0.591. The van der Waals surface area contributed by atoms with E-state index in [1.165, 1.54) is 0 Å². The quantitative estimate of drug-likeness (QED) is 0.762. The van der Waals surface area contributed by atoms with Gasteiger partial charge in [0, 0.05) is 39.5 Å². The third kappa shape index (κ3) is 4.09. The molecule has 3 amide bonds. The van der Waals surface area contributed by atoms with Crippen molar-refractivity contribution in [3.05, 3.63) is 29.8 Å². The van der Waals surface area contributed by atoms with Gasteiger partial charge in [0.05, 0.1) is 12.1 Å². The number of para-hydroxylation sites is 1. The standard InChI is InChI=1S/C22H29N3O4/c1-23-14-11-22(10-9-19(23)26)16-25(15-20(27)24-12-5-2-6-13-24)21(28)17-7-3-4-8-18(17)29-22/h3-4,7-8H,2,5-6,9-16H2,1H3. The highest BCUT2D eigenvalue weighted by molar-refractivity contribution is 5.99. The van der Waals surface area contributed by atoms with Crippen LogP contribution in [-0.2, 0) is 9.59 Å². The lowest BCUT2D eigenvalue weighted by Gasteiger charge is -2.36. The molecule has 1 atom stereocenters. The second kappa shape index (κ2) is 8.05. The van der Waals surface area contributed by atoms with Crippen LogP contribution in [0.1, 0.15) is 48.9 Å². The van der Waals surface area contributed by atoms with Crippen molar-refractivity contribution in [2.75, 3.05) is 39.8 Å². The second-order valence-corrected chi connectivity index (χ2v) is 8.45. The molecule has 1 aromatic rings. The number of carbonyl (C=O) groups is 3. The number of carbonyl (C=O) groups excluding carboxylic acids is 3. The highest BCUT2D eigenvalue weighted by Crippen LogP contribution is 2.35. The number of hydrogen-bond donors (Lipinski definition) is 0. The molecule has 0 aromatic heterocycles. The van der Waals surface area contributed by atoms with Crippen LogP contribution in [-0.4, -0.2) is 77.8 Å². The first kappa shape index (κ1) is 19.7. The molecule has 156 valence electrons. The average molecular weight is 399 g/mol. The first-order valence-electron chi connectivity index (χ1n) is 10.6. The van der Waals surface area contributed by atoms with Gasteiger partial charge < -0.3 is 19.4 Å². The Bertz CT molecular complexity index is 805. The van der Waals surface area contributed by atoms with Crippen molar-refractivity contribution in [1.29, 1.82) is 0 Å².